The molecule has 9 nitrogen and oxygen atoms in total. The van der Waals surface area contributed by atoms with E-state index < -0.39 is 23.7 Å². The van der Waals surface area contributed by atoms with Crippen molar-refractivity contribution in [3.05, 3.63) is 53.2 Å². The van der Waals surface area contributed by atoms with Gasteiger partial charge in [0.2, 0.25) is 11.8 Å². The number of hydrogen-bond donors (Lipinski definition) is 1. The van der Waals surface area contributed by atoms with Crippen LogP contribution in [0.4, 0.5) is 15.8 Å². The molecule has 4 rings (SSSR count). The van der Waals surface area contributed by atoms with Crippen LogP contribution in [0.3, 0.4) is 0 Å². The molecule has 180 valence electrons. The van der Waals surface area contributed by atoms with E-state index in [1.165, 1.54) is 41.2 Å². The second-order valence-corrected chi connectivity index (χ2v) is 8.20. The minimum atomic E-state index is -0.859. The molecule has 2 aromatic rings. The maximum atomic E-state index is 14.8. The van der Waals surface area contributed by atoms with Crippen molar-refractivity contribution in [3.8, 4) is 0 Å². The molecule has 2 fully saturated rings. The Kier molecular flexibility index (Phi) is 7.30. The van der Waals surface area contributed by atoms with E-state index in [0.717, 1.165) is 0 Å². The van der Waals surface area contributed by atoms with Gasteiger partial charge in [0.25, 0.3) is 5.91 Å². The molecule has 2 aliphatic rings. The number of benzene rings is 1. The van der Waals surface area contributed by atoms with Gasteiger partial charge in [-0.25, -0.2) is 4.39 Å². The highest BCUT2D eigenvalue weighted by atomic mass is 35.5. The van der Waals surface area contributed by atoms with Crippen LogP contribution in [-0.4, -0.2) is 68.2 Å². The fourth-order valence-electron chi connectivity index (χ4n) is 3.91. The number of nitrogens with one attached hydrogen (secondary N) is 1. The quantitative estimate of drug-likeness (QED) is 0.623. The van der Waals surface area contributed by atoms with Crippen molar-refractivity contribution in [3.63, 3.8) is 0 Å². The van der Waals surface area contributed by atoms with Gasteiger partial charge in [-0.15, -0.1) is 0 Å². The Labute approximate surface area is 200 Å². The third kappa shape index (κ3) is 5.30. The number of nitrogens with zero attached hydrogens (tertiary/aromatic N) is 2. The van der Waals surface area contributed by atoms with Crippen molar-refractivity contribution in [1.82, 2.24) is 4.90 Å². The van der Waals surface area contributed by atoms with Gasteiger partial charge in [0.05, 0.1) is 18.4 Å². The Morgan fingerprint density at radius 2 is 2.12 bits per heavy atom. The zero-order chi connectivity index (χ0) is 24.2. The average Bonchev–Trinajstić information content (AvgIpc) is 3.45. The number of morpholine rings is 1. The molecule has 0 radical (unpaired) electrons. The molecule has 1 aromatic heterocycles. The lowest BCUT2D eigenvalue weighted by Crippen LogP contribution is -2.42. The number of methoxy groups -OCH3 is 1. The number of furan rings is 1. The van der Waals surface area contributed by atoms with Gasteiger partial charge in [0.15, 0.2) is 5.22 Å². The normalized spacial score (nSPS) is 20.9. The van der Waals surface area contributed by atoms with E-state index in [1.807, 2.05) is 0 Å². The molecule has 1 N–H and O–H groups in total. The van der Waals surface area contributed by atoms with E-state index >= 15 is 0 Å². The fourth-order valence-corrected chi connectivity index (χ4v) is 4.06. The number of rotatable bonds is 6. The van der Waals surface area contributed by atoms with Gasteiger partial charge in [-0.05, 0) is 48.0 Å². The van der Waals surface area contributed by atoms with E-state index in [1.54, 1.807) is 18.2 Å². The molecule has 3 heterocycles. The van der Waals surface area contributed by atoms with Crippen molar-refractivity contribution >= 4 is 46.8 Å². The van der Waals surface area contributed by atoms with Crippen molar-refractivity contribution in [2.75, 3.05) is 43.6 Å². The van der Waals surface area contributed by atoms with Gasteiger partial charge in [-0.2, -0.15) is 0 Å². The van der Waals surface area contributed by atoms with Crippen LogP contribution in [0.1, 0.15) is 12.2 Å². The summed E-state index contributed by atoms with van der Waals surface area (Å²) in [7, 11) is 1.50. The molecular weight excluding hydrogens is 469 g/mol. The summed E-state index contributed by atoms with van der Waals surface area (Å²) >= 11 is 5.74. The van der Waals surface area contributed by atoms with Gasteiger partial charge in [-0.3, -0.25) is 14.4 Å². The molecule has 0 unspecified atom stereocenters. The Balaban J connectivity index is 1.46. The molecule has 0 aliphatic carbocycles. The lowest BCUT2D eigenvalue weighted by molar-refractivity contribution is -0.132. The summed E-state index contributed by atoms with van der Waals surface area (Å²) in [6.45, 7) is 0.823. The number of hydrogen-bond acceptors (Lipinski definition) is 6. The Morgan fingerprint density at radius 3 is 2.79 bits per heavy atom. The SMILES string of the molecule is CO[C@@H]1C[C@H](C(=O)Nc2ccc(N3CCOCC3=O)cc2F)N(C(=O)C=Cc2ccc(Cl)o2)C1. The highest BCUT2D eigenvalue weighted by Crippen LogP contribution is 2.26. The topological polar surface area (TPSA) is 101 Å². The van der Waals surface area contributed by atoms with Gasteiger partial charge in [0.1, 0.15) is 24.2 Å². The standard InChI is InChI=1S/C23H23ClFN3O6/c1-32-16-11-19(28(12-16)21(29)7-4-15-3-6-20(24)34-15)23(31)26-18-5-2-14(10-17(18)25)27-8-9-33-13-22(27)30/h2-7,10,16,19H,8-9,11-13H2,1H3,(H,26,31)/t16-,19-/m1/s1. The first-order valence-electron chi connectivity index (χ1n) is 10.6. The largest absolute Gasteiger partial charge is 0.445 e. The summed E-state index contributed by atoms with van der Waals surface area (Å²) in [6, 6.07) is 6.42. The van der Waals surface area contributed by atoms with E-state index in [-0.39, 0.29) is 42.5 Å². The fraction of sp³-hybridized carbons (Fsp3) is 0.348. The highest BCUT2D eigenvalue weighted by Gasteiger charge is 2.39. The molecule has 0 spiro atoms. The Bertz CT molecular complexity index is 1120. The third-order valence-corrected chi connectivity index (χ3v) is 5.88. The van der Waals surface area contributed by atoms with Crippen LogP contribution < -0.4 is 10.2 Å². The van der Waals surface area contributed by atoms with E-state index in [9.17, 15) is 18.8 Å². The second-order valence-electron chi connectivity index (χ2n) is 7.83. The van der Waals surface area contributed by atoms with E-state index in [0.29, 0.717) is 24.6 Å². The molecule has 1 aromatic carbocycles. The number of ether oxygens (including phenoxy) is 2. The number of likely N-dealkylation sites (tertiary alicyclic amines) is 1. The van der Waals surface area contributed by atoms with Gasteiger partial charge in [0, 0.05) is 38.4 Å². The van der Waals surface area contributed by atoms with Crippen LogP contribution in [0, 0.1) is 5.82 Å². The van der Waals surface area contributed by atoms with Gasteiger partial charge in [-0.1, -0.05) is 0 Å². The van der Waals surface area contributed by atoms with E-state index in [2.05, 4.69) is 5.32 Å². The maximum absolute atomic E-state index is 14.8. The van der Waals surface area contributed by atoms with Gasteiger partial charge >= 0.3 is 0 Å². The van der Waals surface area contributed by atoms with Crippen molar-refractivity contribution in [2.45, 2.75) is 18.6 Å². The summed E-state index contributed by atoms with van der Waals surface area (Å²) < 4.78 is 30.4. The smallest absolute Gasteiger partial charge is 0.253 e. The molecule has 2 atom stereocenters. The number of amides is 3. The third-order valence-electron chi connectivity index (χ3n) is 5.67. The minimum absolute atomic E-state index is 0.0523. The minimum Gasteiger partial charge on any atom is -0.445 e. The van der Waals surface area contributed by atoms with Gasteiger partial charge < -0.3 is 29.0 Å². The zero-order valence-corrected chi connectivity index (χ0v) is 19.1. The molecule has 0 bridgehead atoms. The van der Waals surface area contributed by atoms with Crippen LogP contribution >= 0.6 is 11.6 Å². The first-order valence-corrected chi connectivity index (χ1v) is 11.0. The van der Waals surface area contributed by atoms with Crippen molar-refractivity contribution < 1.29 is 32.7 Å². The first-order chi connectivity index (χ1) is 16.4. The van der Waals surface area contributed by atoms with Crippen molar-refractivity contribution in [2.24, 2.45) is 0 Å². The second kappa shape index (κ2) is 10.4. The van der Waals surface area contributed by atoms with Crippen LogP contribution in [0.25, 0.3) is 6.08 Å². The van der Waals surface area contributed by atoms with Crippen LogP contribution in [0.5, 0.6) is 0 Å². The lowest BCUT2D eigenvalue weighted by atomic mass is 10.1. The van der Waals surface area contributed by atoms with Crippen LogP contribution in [0.15, 0.2) is 40.8 Å². The Hall–Kier alpha value is -3.21. The molecule has 2 saturated heterocycles. The predicted molar refractivity (Wildman–Crippen MR) is 122 cm³/mol. The summed E-state index contributed by atoms with van der Waals surface area (Å²) in [5.41, 5.74) is 0.326. The summed E-state index contributed by atoms with van der Waals surface area (Å²) in [5, 5.41) is 2.74. The molecule has 34 heavy (non-hydrogen) atoms. The zero-order valence-electron chi connectivity index (χ0n) is 18.3. The summed E-state index contributed by atoms with van der Waals surface area (Å²) in [5.74, 6) is -1.54. The van der Waals surface area contributed by atoms with Crippen molar-refractivity contribution in [1.29, 1.82) is 0 Å². The molecule has 2 aliphatic heterocycles. The predicted octanol–water partition coefficient (Wildman–Crippen LogP) is 2.70. The summed E-state index contributed by atoms with van der Waals surface area (Å²) in [4.78, 5) is 40.6. The molecule has 0 saturated carbocycles. The lowest BCUT2D eigenvalue weighted by Gasteiger charge is -2.27. The first kappa shape index (κ1) is 23.9. The highest BCUT2D eigenvalue weighted by molar-refractivity contribution is 6.28. The number of carbonyl (C=O) groups is 3. The molecular formula is C23H23ClFN3O6. The average molecular weight is 492 g/mol. The van der Waals surface area contributed by atoms with E-state index in [4.69, 9.17) is 25.5 Å². The summed E-state index contributed by atoms with van der Waals surface area (Å²) in [6.07, 6.45) is 2.65. The number of halogens is 2. The molecule has 11 heteroatoms. The Morgan fingerprint density at radius 1 is 1.29 bits per heavy atom. The van der Waals surface area contributed by atoms with Crippen LogP contribution in [0.2, 0.25) is 5.22 Å². The number of carbonyl (C=O) groups excluding carboxylic acids is 3. The number of anilines is 2. The monoisotopic (exact) mass is 491 g/mol. The maximum Gasteiger partial charge on any atom is 0.253 e. The van der Waals surface area contributed by atoms with Crippen LogP contribution in [-0.2, 0) is 23.9 Å². The molecule has 3 amide bonds.